The van der Waals surface area contributed by atoms with E-state index in [0.29, 0.717) is 18.3 Å². The third kappa shape index (κ3) is 7.68. The van der Waals surface area contributed by atoms with E-state index in [1.807, 2.05) is 0 Å². The number of alkyl halides is 3. The van der Waals surface area contributed by atoms with Crippen LogP contribution < -0.4 is 15.8 Å². The molecule has 5 nitrogen and oxygen atoms in total. The van der Waals surface area contributed by atoms with Crippen LogP contribution in [0.3, 0.4) is 0 Å². The average Bonchev–Trinajstić information content (AvgIpc) is 3.03. The van der Waals surface area contributed by atoms with Gasteiger partial charge in [-0.15, -0.1) is 37.1 Å². The summed E-state index contributed by atoms with van der Waals surface area (Å²) in [6, 6.07) is 5.74. The summed E-state index contributed by atoms with van der Waals surface area (Å²) < 4.78 is 40.1. The van der Waals surface area contributed by atoms with Crippen LogP contribution in [-0.4, -0.2) is 42.9 Å². The summed E-state index contributed by atoms with van der Waals surface area (Å²) in [4.78, 5) is 6.76. The number of nitrogens with two attached hydrogens (primary N) is 1. The van der Waals surface area contributed by atoms with E-state index < -0.39 is 6.36 Å². The summed E-state index contributed by atoms with van der Waals surface area (Å²) in [5.74, 6) is -0.0271. The van der Waals surface area contributed by atoms with E-state index >= 15 is 0 Å². The molecule has 1 heterocycles. The highest BCUT2D eigenvalue weighted by Crippen LogP contribution is 2.23. The first-order valence-electron chi connectivity index (χ1n) is 8.04. The summed E-state index contributed by atoms with van der Waals surface area (Å²) in [5, 5.41) is 2.87. The van der Waals surface area contributed by atoms with Crippen molar-refractivity contribution in [3.8, 4) is 5.75 Å². The fraction of sp³-hybridized carbons (Fsp3) is 0.562. The van der Waals surface area contributed by atoms with E-state index in [1.165, 1.54) is 37.1 Å². The Morgan fingerprint density at radius 1 is 1.28 bits per heavy atom. The fourth-order valence-corrected chi connectivity index (χ4v) is 2.74. The number of nitrogens with zero attached hydrogens (tertiary/aromatic N) is 2. The molecule has 1 fully saturated rings. The summed E-state index contributed by atoms with van der Waals surface area (Å²) in [7, 11) is 0. The second-order valence-electron chi connectivity index (χ2n) is 5.73. The third-order valence-electron chi connectivity index (χ3n) is 3.96. The number of likely N-dealkylation sites (tertiary alicyclic amines) is 1. The number of guanidine groups is 1. The normalized spacial score (nSPS) is 17.0. The Labute approximate surface area is 162 Å². The Morgan fingerprint density at radius 2 is 1.88 bits per heavy atom. The van der Waals surface area contributed by atoms with Gasteiger partial charge >= 0.3 is 6.36 Å². The van der Waals surface area contributed by atoms with Crippen LogP contribution in [0.25, 0.3) is 0 Å². The molecule has 25 heavy (non-hydrogen) atoms. The zero-order valence-corrected chi connectivity index (χ0v) is 16.4. The summed E-state index contributed by atoms with van der Waals surface area (Å²) in [6.45, 7) is 4.93. The lowest BCUT2D eigenvalue weighted by Crippen LogP contribution is -2.35. The molecule has 1 saturated heterocycles. The topological polar surface area (TPSA) is 62.9 Å². The van der Waals surface area contributed by atoms with Gasteiger partial charge in [-0.05, 0) is 56.6 Å². The molecule has 9 heteroatoms. The Bertz CT molecular complexity index is 545. The average molecular weight is 472 g/mol. The van der Waals surface area contributed by atoms with E-state index in [-0.39, 0.29) is 35.7 Å². The van der Waals surface area contributed by atoms with Gasteiger partial charge in [-0.3, -0.25) is 9.89 Å². The van der Waals surface area contributed by atoms with Gasteiger partial charge in [0.2, 0.25) is 0 Å². The first kappa shape index (κ1) is 21.8. The number of hydrogen-bond acceptors (Lipinski definition) is 3. The highest BCUT2D eigenvalue weighted by molar-refractivity contribution is 14.0. The van der Waals surface area contributed by atoms with Crippen molar-refractivity contribution in [2.45, 2.75) is 38.6 Å². The van der Waals surface area contributed by atoms with Gasteiger partial charge in [0.1, 0.15) is 5.75 Å². The predicted molar refractivity (Wildman–Crippen MR) is 104 cm³/mol. The number of benzene rings is 1. The number of rotatable bonds is 6. The summed E-state index contributed by atoms with van der Waals surface area (Å²) in [5.41, 5.74) is 6.41. The zero-order valence-electron chi connectivity index (χ0n) is 14.1. The van der Waals surface area contributed by atoms with Gasteiger partial charge in [0.05, 0.1) is 6.54 Å². The molecule has 142 valence electrons. The number of halogens is 4. The molecule has 1 aromatic carbocycles. The van der Waals surface area contributed by atoms with E-state index in [9.17, 15) is 13.2 Å². The second kappa shape index (κ2) is 10.0. The molecule has 3 N–H and O–H groups in total. The predicted octanol–water partition coefficient (Wildman–Crippen LogP) is 3.80. The van der Waals surface area contributed by atoms with Gasteiger partial charge in [-0.1, -0.05) is 6.92 Å². The molecule has 1 aliphatic heterocycles. The molecule has 0 aromatic heterocycles. The van der Waals surface area contributed by atoms with Gasteiger partial charge in [0, 0.05) is 11.7 Å². The molecule has 2 rings (SSSR count). The van der Waals surface area contributed by atoms with Crippen LogP contribution in [0.15, 0.2) is 29.3 Å². The van der Waals surface area contributed by atoms with Crippen LogP contribution in [0, 0.1) is 0 Å². The largest absolute Gasteiger partial charge is 0.573 e. The summed E-state index contributed by atoms with van der Waals surface area (Å²) in [6.07, 6.45) is -1.25. The Balaban J connectivity index is 0.00000312. The smallest absolute Gasteiger partial charge is 0.406 e. The van der Waals surface area contributed by atoms with Crippen molar-refractivity contribution in [3.63, 3.8) is 0 Å². The molecule has 0 amide bonds. The van der Waals surface area contributed by atoms with Crippen molar-refractivity contribution in [2.24, 2.45) is 10.7 Å². The molecule has 0 saturated carbocycles. The molecule has 1 aliphatic rings. The van der Waals surface area contributed by atoms with Gasteiger partial charge < -0.3 is 15.8 Å². The van der Waals surface area contributed by atoms with E-state index in [1.54, 1.807) is 0 Å². The Morgan fingerprint density at radius 3 is 2.40 bits per heavy atom. The van der Waals surface area contributed by atoms with Gasteiger partial charge in [0.15, 0.2) is 5.96 Å². The number of aliphatic imine (C=N–C) groups is 1. The first-order chi connectivity index (χ1) is 11.4. The quantitative estimate of drug-likeness (QED) is 0.376. The van der Waals surface area contributed by atoms with E-state index in [0.717, 1.165) is 19.5 Å². The maximum absolute atomic E-state index is 12.1. The lowest BCUT2D eigenvalue weighted by Gasteiger charge is -2.24. The monoisotopic (exact) mass is 472 g/mol. The minimum Gasteiger partial charge on any atom is -0.406 e. The van der Waals surface area contributed by atoms with E-state index in [4.69, 9.17) is 5.73 Å². The van der Waals surface area contributed by atoms with Crippen LogP contribution >= 0.6 is 24.0 Å². The molecule has 0 aliphatic carbocycles. The molecule has 0 bridgehead atoms. The Kier molecular flexibility index (Phi) is 8.77. The third-order valence-corrected chi connectivity index (χ3v) is 3.96. The van der Waals surface area contributed by atoms with Crippen LogP contribution in [0.2, 0.25) is 0 Å². The van der Waals surface area contributed by atoms with Crippen molar-refractivity contribution >= 4 is 35.6 Å². The first-order valence-corrected chi connectivity index (χ1v) is 8.04. The highest BCUT2D eigenvalue weighted by atomic mass is 127. The van der Waals surface area contributed by atoms with Crippen LogP contribution in [0.5, 0.6) is 5.75 Å². The Hall–Kier alpha value is -1.23. The number of hydrogen-bond donors (Lipinski definition) is 2. The molecule has 1 unspecified atom stereocenters. The second-order valence-corrected chi connectivity index (χ2v) is 5.73. The standard InChI is InChI=1S/C16H23F3N4O.HI/c1-2-13(23-9-3-4-10-23)11-21-15(20)22-12-5-7-14(8-6-12)24-16(17,18)19;/h5-8,13H,2-4,9-11H2,1H3,(H3,20,21,22);1H. The minimum absolute atomic E-state index is 0. The number of ether oxygens (including phenoxy) is 1. The SMILES string of the molecule is CCC(CN=C(N)Nc1ccc(OC(F)(F)F)cc1)N1CCCC1.I. The highest BCUT2D eigenvalue weighted by Gasteiger charge is 2.30. The van der Waals surface area contributed by atoms with Gasteiger partial charge in [-0.25, -0.2) is 0 Å². The molecular weight excluding hydrogens is 448 g/mol. The van der Waals surface area contributed by atoms with Gasteiger partial charge in [-0.2, -0.15) is 0 Å². The van der Waals surface area contributed by atoms with Crippen LogP contribution in [0.4, 0.5) is 18.9 Å². The van der Waals surface area contributed by atoms with Crippen molar-refractivity contribution < 1.29 is 17.9 Å². The van der Waals surface area contributed by atoms with Crippen LogP contribution in [0.1, 0.15) is 26.2 Å². The maximum Gasteiger partial charge on any atom is 0.573 e. The van der Waals surface area contributed by atoms with Gasteiger partial charge in [0.25, 0.3) is 0 Å². The number of anilines is 1. The number of nitrogens with one attached hydrogen (secondary N) is 1. The van der Waals surface area contributed by atoms with Crippen molar-refractivity contribution in [2.75, 3.05) is 25.0 Å². The van der Waals surface area contributed by atoms with E-state index in [2.05, 4.69) is 26.9 Å². The van der Waals surface area contributed by atoms with Crippen molar-refractivity contribution in [1.29, 1.82) is 0 Å². The zero-order chi connectivity index (χ0) is 17.6. The maximum atomic E-state index is 12.1. The minimum atomic E-state index is -4.69. The van der Waals surface area contributed by atoms with Crippen molar-refractivity contribution in [3.05, 3.63) is 24.3 Å². The lowest BCUT2D eigenvalue weighted by atomic mass is 10.2. The molecule has 1 aromatic rings. The fourth-order valence-electron chi connectivity index (χ4n) is 2.74. The molecular formula is C16H24F3IN4O. The lowest BCUT2D eigenvalue weighted by molar-refractivity contribution is -0.274. The van der Waals surface area contributed by atoms with Crippen molar-refractivity contribution in [1.82, 2.24) is 4.90 Å². The molecule has 1 atom stereocenters. The molecule has 0 spiro atoms. The van der Waals surface area contributed by atoms with Crippen LogP contribution in [-0.2, 0) is 0 Å². The summed E-state index contributed by atoms with van der Waals surface area (Å²) >= 11 is 0. The molecule has 0 radical (unpaired) electrons.